The summed E-state index contributed by atoms with van der Waals surface area (Å²) in [5.41, 5.74) is 1.80. The first-order valence-electron chi connectivity index (χ1n) is 5.40. The summed E-state index contributed by atoms with van der Waals surface area (Å²) in [4.78, 5) is 12.5. The summed E-state index contributed by atoms with van der Waals surface area (Å²) < 4.78 is 12.2. The lowest BCUT2D eigenvalue weighted by Crippen LogP contribution is -2.24. The number of carbonyl (C=O) groups is 1. The maximum Gasteiger partial charge on any atom is 0.409 e. The Morgan fingerprint density at radius 1 is 1.35 bits per heavy atom. The van der Waals surface area contributed by atoms with Crippen molar-refractivity contribution in [2.45, 2.75) is 13.8 Å². The SMILES string of the molecule is Cc1nn(C)c(C)c1OCCOC(=O)N(C)C. The molecule has 0 unspecified atom stereocenters. The zero-order chi connectivity index (χ0) is 13.0. The van der Waals surface area contributed by atoms with Crippen LogP contribution in [0.15, 0.2) is 0 Å². The van der Waals surface area contributed by atoms with E-state index in [1.165, 1.54) is 4.90 Å². The Balaban J connectivity index is 2.39. The van der Waals surface area contributed by atoms with Gasteiger partial charge in [-0.15, -0.1) is 0 Å². The van der Waals surface area contributed by atoms with Crippen LogP contribution in [0.5, 0.6) is 5.75 Å². The number of rotatable bonds is 4. The normalized spacial score (nSPS) is 10.2. The molecule has 0 fully saturated rings. The highest BCUT2D eigenvalue weighted by atomic mass is 16.6. The molecular weight excluding hydrogens is 222 g/mol. The van der Waals surface area contributed by atoms with Gasteiger partial charge in [-0.2, -0.15) is 5.10 Å². The van der Waals surface area contributed by atoms with Crippen molar-refractivity contribution in [3.63, 3.8) is 0 Å². The van der Waals surface area contributed by atoms with E-state index in [4.69, 9.17) is 9.47 Å². The Morgan fingerprint density at radius 2 is 2.00 bits per heavy atom. The highest BCUT2D eigenvalue weighted by molar-refractivity contribution is 5.66. The highest BCUT2D eigenvalue weighted by Gasteiger charge is 2.10. The molecule has 6 nitrogen and oxygen atoms in total. The van der Waals surface area contributed by atoms with E-state index in [-0.39, 0.29) is 12.7 Å². The van der Waals surface area contributed by atoms with Gasteiger partial charge in [0.1, 0.15) is 18.9 Å². The molecule has 0 saturated heterocycles. The van der Waals surface area contributed by atoms with Gasteiger partial charge in [0.2, 0.25) is 0 Å². The molecule has 1 aromatic heterocycles. The largest absolute Gasteiger partial charge is 0.486 e. The molecule has 0 radical (unpaired) electrons. The Labute approximate surface area is 101 Å². The molecule has 0 spiro atoms. The first-order chi connectivity index (χ1) is 7.93. The van der Waals surface area contributed by atoms with Crippen LogP contribution in [0.25, 0.3) is 0 Å². The number of carbonyl (C=O) groups excluding carboxylic acids is 1. The Hall–Kier alpha value is -1.72. The van der Waals surface area contributed by atoms with Crippen LogP contribution in [-0.4, -0.2) is 48.1 Å². The zero-order valence-electron chi connectivity index (χ0n) is 11.0. The predicted molar refractivity (Wildman–Crippen MR) is 63.2 cm³/mol. The Bertz CT molecular complexity index is 399. The van der Waals surface area contributed by atoms with E-state index in [2.05, 4.69) is 5.10 Å². The number of nitrogens with zero attached hydrogens (tertiary/aromatic N) is 3. The average molecular weight is 241 g/mol. The molecule has 1 amide bonds. The van der Waals surface area contributed by atoms with Crippen LogP contribution < -0.4 is 4.74 Å². The molecule has 0 aliphatic rings. The molecule has 0 N–H and O–H groups in total. The van der Waals surface area contributed by atoms with Gasteiger partial charge in [-0.3, -0.25) is 4.68 Å². The molecule has 1 aromatic rings. The Morgan fingerprint density at radius 3 is 2.47 bits per heavy atom. The van der Waals surface area contributed by atoms with E-state index < -0.39 is 0 Å². The summed E-state index contributed by atoms with van der Waals surface area (Å²) in [7, 11) is 5.14. The van der Waals surface area contributed by atoms with Crippen molar-refractivity contribution < 1.29 is 14.3 Å². The number of amides is 1. The monoisotopic (exact) mass is 241 g/mol. The second kappa shape index (κ2) is 5.56. The van der Waals surface area contributed by atoms with Crippen molar-refractivity contribution >= 4 is 6.09 Å². The van der Waals surface area contributed by atoms with E-state index >= 15 is 0 Å². The third-order valence-corrected chi connectivity index (χ3v) is 2.36. The van der Waals surface area contributed by atoms with Gasteiger partial charge >= 0.3 is 6.09 Å². The molecule has 96 valence electrons. The summed E-state index contributed by atoms with van der Waals surface area (Å²) >= 11 is 0. The number of hydrogen-bond acceptors (Lipinski definition) is 4. The third-order valence-electron chi connectivity index (χ3n) is 2.36. The van der Waals surface area contributed by atoms with Crippen molar-refractivity contribution in [1.29, 1.82) is 0 Å². The van der Waals surface area contributed by atoms with Crippen LogP contribution in [0, 0.1) is 13.8 Å². The van der Waals surface area contributed by atoms with Gasteiger partial charge in [0.05, 0.1) is 5.69 Å². The standard InChI is InChI=1S/C11H19N3O3/c1-8-10(9(2)14(5)12-8)16-6-7-17-11(15)13(3)4/h6-7H2,1-5H3. The zero-order valence-corrected chi connectivity index (χ0v) is 11.0. The lowest BCUT2D eigenvalue weighted by molar-refractivity contribution is 0.101. The van der Waals surface area contributed by atoms with Gasteiger partial charge < -0.3 is 14.4 Å². The molecular formula is C11H19N3O3. The minimum Gasteiger partial charge on any atom is -0.486 e. The molecule has 1 heterocycles. The van der Waals surface area contributed by atoms with Crippen LogP contribution in [0.1, 0.15) is 11.4 Å². The van der Waals surface area contributed by atoms with Crippen molar-refractivity contribution in [2.24, 2.45) is 7.05 Å². The predicted octanol–water partition coefficient (Wildman–Crippen LogP) is 1.11. The molecule has 0 saturated carbocycles. The smallest absolute Gasteiger partial charge is 0.409 e. The van der Waals surface area contributed by atoms with E-state index in [1.54, 1.807) is 18.8 Å². The summed E-state index contributed by atoms with van der Waals surface area (Å²) in [5, 5.41) is 4.23. The summed E-state index contributed by atoms with van der Waals surface area (Å²) in [5.74, 6) is 0.758. The van der Waals surface area contributed by atoms with E-state index in [9.17, 15) is 4.79 Å². The molecule has 0 aliphatic heterocycles. The van der Waals surface area contributed by atoms with Crippen LogP contribution in [0.2, 0.25) is 0 Å². The molecule has 1 rings (SSSR count). The lowest BCUT2D eigenvalue weighted by Gasteiger charge is -2.11. The van der Waals surface area contributed by atoms with Crippen molar-refractivity contribution in [3.8, 4) is 5.75 Å². The number of hydrogen-bond donors (Lipinski definition) is 0. The number of ether oxygens (including phenoxy) is 2. The second-order valence-electron chi connectivity index (χ2n) is 3.98. The van der Waals surface area contributed by atoms with Gasteiger partial charge in [-0.05, 0) is 13.8 Å². The van der Waals surface area contributed by atoms with Crippen LogP contribution >= 0.6 is 0 Å². The summed E-state index contributed by atoms with van der Waals surface area (Å²) in [6.07, 6.45) is -0.367. The van der Waals surface area contributed by atoms with E-state index in [0.717, 1.165) is 17.1 Å². The lowest BCUT2D eigenvalue weighted by atomic mass is 10.3. The minimum absolute atomic E-state index is 0.227. The summed E-state index contributed by atoms with van der Waals surface area (Å²) in [6, 6.07) is 0. The molecule has 0 aliphatic carbocycles. The fraction of sp³-hybridized carbons (Fsp3) is 0.636. The quantitative estimate of drug-likeness (QED) is 0.741. The first-order valence-corrected chi connectivity index (χ1v) is 5.40. The second-order valence-corrected chi connectivity index (χ2v) is 3.98. The van der Waals surface area contributed by atoms with Gasteiger partial charge in [-0.1, -0.05) is 0 Å². The first kappa shape index (κ1) is 13.3. The van der Waals surface area contributed by atoms with Gasteiger partial charge in [0.25, 0.3) is 0 Å². The van der Waals surface area contributed by atoms with E-state index in [0.29, 0.717) is 6.61 Å². The van der Waals surface area contributed by atoms with Crippen molar-refractivity contribution in [1.82, 2.24) is 14.7 Å². The number of aryl methyl sites for hydroxylation is 2. The van der Waals surface area contributed by atoms with Crippen molar-refractivity contribution in [2.75, 3.05) is 27.3 Å². The average Bonchev–Trinajstić information content (AvgIpc) is 2.49. The molecule has 0 bridgehead atoms. The molecule has 6 heteroatoms. The maximum absolute atomic E-state index is 11.1. The fourth-order valence-corrected chi connectivity index (χ4v) is 1.36. The van der Waals surface area contributed by atoms with Crippen LogP contribution in [0.3, 0.4) is 0 Å². The third kappa shape index (κ3) is 3.37. The fourth-order valence-electron chi connectivity index (χ4n) is 1.36. The topological polar surface area (TPSA) is 56.6 Å². The van der Waals surface area contributed by atoms with Gasteiger partial charge in [0, 0.05) is 21.1 Å². The maximum atomic E-state index is 11.1. The number of aromatic nitrogens is 2. The Kier molecular flexibility index (Phi) is 4.37. The molecule has 0 aromatic carbocycles. The summed E-state index contributed by atoms with van der Waals surface area (Å²) in [6.45, 7) is 4.37. The van der Waals surface area contributed by atoms with E-state index in [1.807, 2.05) is 20.9 Å². The van der Waals surface area contributed by atoms with Crippen molar-refractivity contribution in [3.05, 3.63) is 11.4 Å². The van der Waals surface area contributed by atoms with Crippen LogP contribution in [0.4, 0.5) is 4.79 Å². The van der Waals surface area contributed by atoms with Crippen LogP contribution in [-0.2, 0) is 11.8 Å². The van der Waals surface area contributed by atoms with Gasteiger partial charge in [0.15, 0.2) is 5.75 Å². The van der Waals surface area contributed by atoms with Gasteiger partial charge in [-0.25, -0.2) is 4.79 Å². The molecule has 0 atom stereocenters. The highest BCUT2D eigenvalue weighted by Crippen LogP contribution is 2.20. The minimum atomic E-state index is -0.367. The molecule has 17 heavy (non-hydrogen) atoms.